The first-order chi connectivity index (χ1) is 15.8. The molecule has 1 aliphatic heterocycles. The van der Waals surface area contributed by atoms with Crippen molar-refractivity contribution < 1.29 is 22.4 Å². The highest BCUT2D eigenvalue weighted by atomic mass is 32.2. The summed E-state index contributed by atoms with van der Waals surface area (Å²) in [5.74, 6) is -0.566. The molecule has 1 N–H and O–H groups in total. The van der Waals surface area contributed by atoms with Crippen molar-refractivity contribution in [2.45, 2.75) is 23.9 Å². The third kappa shape index (κ3) is 4.14. The van der Waals surface area contributed by atoms with Crippen molar-refractivity contribution in [3.63, 3.8) is 0 Å². The number of nitrogens with one attached hydrogen (secondary N) is 1. The molecule has 5 rings (SSSR count). The second-order valence-electron chi connectivity index (χ2n) is 7.81. The van der Waals surface area contributed by atoms with Gasteiger partial charge in [-0.1, -0.05) is 35.6 Å². The molecule has 0 bridgehead atoms. The van der Waals surface area contributed by atoms with E-state index in [4.69, 9.17) is 4.42 Å². The van der Waals surface area contributed by atoms with Crippen LogP contribution in [0.1, 0.15) is 21.7 Å². The minimum absolute atomic E-state index is 0.167. The second-order valence-corrected chi connectivity index (χ2v) is 10.9. The Bertz CT molecular complexity index is 1480. The molecule has 0 saturated heterocycles. The maximum Gasteiger partial charge on any atom is 0.290 e. The van der Waals surface area contributed by atoms with E-state index in [9.17, 15) is 18.0 Å². The van der Waals surface area contributed by atoms with E-state index >= 15 is 0 Å². The maximum absolute atomic E-state index is 13.3. The Balaban J connectivity index is 1.44. The van der Waals surface area contributed by atoms with Crippen LogP contribution in [0, 0.1) is 0 Å². The minimum atomic E-state index is -3.35. The molecule has 168 valence electrons. The van der Waals surface area contributed by atoms with E-state index in [1.54, 1.807) is 24.3 Å². The molecule has 8 nitrogen and oxygen atoms in total. The molecule has 0 saturated carbocycles. The van der Waals surface area contributed by atoms with E-state index in [0.717, 1.165) is 17.4 Å². The van der Waals surface area contributed by atoms with Crippen molar-refractivity contribution in [3.8, 4) is 0 Å². The van der Waals surface area contributed by atoms with Crippen LogP contribution in [0.3, 0.4) is 0 Å². The Morgan fingerprint density at radius 1 is 1.12 bits per heavy atom. The van der Waals surface area contributed by atoms with Crippen molar-refractivity contribution in [1.82, 2.24) is 9.88 Å². The topological polar surface area (TPSA) is 110 Å². The number of hydrogen-bond donors (Lipinski definition) is 1. The smallest absolute Gasteiger partial charge is 0.290 e. The van der Waals surface area contributed by atoms with Crippen LogP contribution in [0.5, 0.6) is 0 Å². The van der Waals surface area contributed by atoms with E-state index < -0.39 is 15.9 Å². The molecule has 0 fully saturated rings. The van der Waals surface area contributed by atoms with Gasteiger partial charge in [0.2, 0.25) is 5.91 Å². The van der Waals surface area contributed by atoms with Crippen LogP contribution in [0.4, 0.5) is 5.13 Å². The third-order valence-corrected chi connectivity index (χ3v) is 7.61. The number of amides is 2. The molecule has 0 aliphatic carbocycles. The molecule has 33 heavy (non-hydrogen) atoms. The number of nitrogens with zero attached hydrogens (tertiary/aromatic N) is 2. The van der Waals surface area contributed by atoms with Gasteiger partial charge in [-0.05, 0) is 41.5 Å². The lowest BCUT2D eigenvalue weighted by Gasteiger charge is -2.35. The molecule has 1 aliphatic rings. The third-order valence-electron chi connectivity index (χ3n) is 5.56. The molecule has 0 radical (unpaired) electrons. The largest absolute Gasteiger partial charge is 0.459 e. The second kappa shape index (κ2) is 8.13. The van der Waals surface area contributed by atoms with Gasteiger partial charge >= 0.3 is 0 Å². The van der Waals surface area contributed by atoms with E-state index in [0.29, 0.717) is 21.8 Å². The van der Waals surface area contributed by atoms with Crippen LogP contribution in [-0.4, -0.2) is 42.4 Å². The van der Waals surface area contributed by atoms with Gasteiger partial charge in [-0.25, -0.2) is 13.4 Å². The lowest BCUT2D eigenvalue weighted by Crippen LogP contribution is -2.50. The predicted octanol–water partition coefficient (Wildman–Crippen LogP) is 3.50. The normalized spacial score (nSPS) is 15.9. The SMILES string of the molecule is CS(=O)(=O)c1ccc2nc(NC(=O)C3Cc4ccccc4CN3C(=O)c3ccco3)sc2c1. The van der Waals surface area contributed by atoms with Gasteiger partial charge in [-0.15, -0.1) is 0 Å². The highest BCUT2D eigenvalue weighted by Gasteiger charge is 2.36. The number of rotatable bonds is 4. The molecule has 1 unspecified atom stereocenters. The van der Waals surface area contributed by atoms with Crippen LogP contribution in [0.15, 0.2) is 70.2 Å². The van der Waals surface area contributed by atoms with Crippen molar-refractivity contribution in [2.24, 2.45) is 0 Å². The average molecular weight is 482 g/mol. The van der Waals surface area contributed by atoms with Crippen molar-refractivity contribution in [3.05, 3.63) is 77.7 Å². The maximum atomic E-state index is 13.3. The number of thiazole rings is 1. The van der Waals surface area contributed by atoms with E-state index in [1.807, 2.05) is 24.3 Å². The number of aromatic nitrogens is 1. The molecule has 2 amide bonds. The number of carbonyl (C=O) groups is 2. The Labute approximate surface area is 193 Å². The monoisotopic (exact) mass is 481 g/mol. The Hall–Kier alpha value is -3.50. The first kappa shape index (κ1) is 21.4. The van der Waals surface area contributed by atoms with Crippen LogP contribution >= 0.6 is 11.3 Å². The van der Waals surface area contributed by atoms with Gasteiger partial charge in [0.1, 0.15) is 6.04 Å². The number of anilines is 1. The quantitative estimate of drug-likeness (QED) is 0.478. The van der Waals surface area contributed by atoms with Crippen LogP contribution in [0.2, 0.25) is 0 Å². The van der Waals surface area contributed by atoms with Gasteiger partial charge in [0.05, 0.1) is 21.4 Å². The Kier molecular flexibility index (Phi) is 5.26. The fourth-order valence-corrected chi connectivity index (χ4v) is 5.52. The summed E-state index contributed by atoms with van der Waals surface area (Å²) in [6, 6.07) is 14.8. The number of furan rings is 1. The van der Waals surface area contributed by atoms with E-state index in [1.165, 1.54) is 28.6 Å². The Morgan fingerprint density at radius 2 is 1.91 bits per heavy atom. The lowest BCUT2D eigenvalue weighted by molar-refractivity contribution is -0.121. The summed E-state index contributed by atoms with van der Waals surface area (Å²) in [5, 5.41) is 3.15. The molecule has 2 aromatic heterocycles. The molecule has 2 aromatic carbocycles. The van der Waals surface area contributed by atoms with E-state index in [-0.39, 0.29) is 29.0 Å². The number of fused-ring (bicyclic) bond motifs is 2. The van der Waals surface area contributed by atoms with Crippen LogP contribution in [-0.2, 0) is 27.6 Å². The van der Waals surface area contributed by atoms with Gasteiger partial charge in [0, 0.05) is 19.2 Å². The zero-order valence-electron chi connectivity index (χ0n) is 17.5. The minimum Gasteiger partial charge on any atom is -0.459 e. The molecular formula is C23H19N3O5S2. The van der Waals surface area contributed by atoms with Crippen LogP contribution in [0.25, 0.3) is 10.2 Å². The van der Waals surface area contributed by atoms with Gasteiger partial charge in [0.15, 0.2) is 20.7 Å². The summed E-state index contributed by atoms with van der Waals surface area (Å²) in [5.41, 5.74) is 2.57. The highest BCUT2D eigenvalue weighted by molar-refractivity contribution is 7.90. The number of benzene rings is 2. The molecule has 10 heteroatoms. The molecule has 4 aromatic rings. The summed E-state index contributed by atoms with van der Waals surface area (Å²) in [6.45, 7) is 0.283. The van der Waals surface area contributed by atoms with Gasteiger partial charge < -0.3 is 14.6 Å². The first-order valence-electron chi connectivity index (χ1n) is 10.1. The first-order valence-corrected chi connectivity index (χ1v) is 12.8. The fraction of sp³-hybridized carbons (Fsp3) is 0.174. The summed E-state index contributed by atoms with van der Waals surface area (Å²) < 4.78 is 29.6. The molecule has 1 atom stereocenters. The molecule has 0 spiro atoms. The average Bonchev–Trinajstić information content (AvgIpc) is 3.46. The predicted molar refractivity (Wildman–Crippen MR) is 124 cm³/mol. The van der Waals surface area contributed by atoms with Crippen molar-refractivity contribution in [1.29, 1.82) is 0 Å². The highest BCUT2D eigenvalue weighted by Crippen LogP contribution is 2.30. The summed E-state index contributed by atoms with van der Waals surface area (Å²) in [4.78, 5) is 32.5. The van der Waals surface area contributed by atoms with Gasteiger partial charge in [-0.2, -0.15) is 0 Å². The van der Waals surface area contributed by atoms with E-state index in [2.05, 4.69) is 10.3 Å². The summed E-state index contributed by atoms with van der Waals surface area (Å²) in [6.07, 6.45) is 2.92. The standard InChI is InChI=1S/C23H19N3O5S2/c1-33(29,30)16-8-9-17-20(12-16)32-23(24-17)25-21(27)18-11-14-5-2-3-6-15(14)13-26(18)22(28)19-7-4-10-31-19/h2-10,12,18H,11,13H2,1H3,(H,24,25,27). The fourth-order valence-electron chi connectivity index (χ4n) is 3.89. The lowest BCUT2D eigenvalue weighted by atomic mass is 9.93. The Morgan fingerprint density at radius 3 is 2.64 bits per heavy atom. The number of sulfone groups is 1. The van der Waals surface area contributed by atoms with Crippen LogP contribution < -0.4 is 5.32 Å². The van der Waals surface area contributed by atoms with Gasteiger partial charge in [-0.3, -0.25) is 9.59 Å². The number of hydrogen-bond acceptors (Lipinski definition) is 7. The van der Waals surface area contributed by atoms with Gasteiger partial charge in [0.25, 0.3) is 5.91 Å². The number of carbonyl (C=O) groups excluding carboxylic acids is 2. The molecule has 3 heterocycles. The zero-order valence-corrected chi connectivity index (χ0v) is 19.2. The van der Waals surface area contributed by atoms with Crippen molar-refractivity contribution >= 4 is 48.3 Å². The molecular weight excluding hydrogens is 462 g/mol. The summed E-state index contributed by atoms with van der Waals surface area (Å²) in [7, 11) is -3.35. The summed E-state index contributed by atoms with van der Waals surface area (Å²) >= 11 is 1.18. The zero-order chi connectivity index (χ0) is 23.2. The van der Waals surface area contributed by atoms with Crippen molar-refractivity contribution in [2.75, 3.05) is 11.6 Å².